The molecule has 0 aliphatic heterocycles. The van der Waals surface area contributed by atoms with E-state index in [2.05, 4.69) is 5.10 Å². The van der Waals surface area contributed by atoms with Crippen molar-refractivity contribution < 1.29 is 5.11 Å². The third-order valence-electron chi connectivity index (χ3n) is 1.96. The molecule has 1 aromatic rings. The van der Waals surface area contributed by atoms with Gasteiger partial charge in [0, 0.05) is 12.7 Å². The minimum absolute atomic E-state index is 0.413. The lowest BCUT2D eigenvalue weighted by Gasteiger charge is -2.15. The van der Waals surface area contributed by atoms with Gasteiger partial charge in [0.25, 0.3) is 0 Å². The Labute approximate surface area is 84.1 Å². The zero-order chi connectivity index (χ0) is 10.7. The Morgan fingerprint density at radius 3 is 2.71 bits per heavy atom. The first-order chi connectivity index (χ1) is 6.49. The molecule has 0 aliphatic rings. The number of nitrogens with two attached hydrogens (primary N) is 1. The van der Waals surface area contributed by atoms with E-state index in [0.29, 0.717) is 18.8 Å². The minimum atomic E-state index is -0.413. The summed E-state index contributed by atoms with van der Waals surface area (Å²) in [5.41, 5.74) is 7.12. The number of nitrogen functional groups attached to an aromatic ring is 1. The number of aliphatic hydroxyl groups excluding tert-OH is 1. The highest BCUT2D eigenvalue weighted by atomic mass is 16.3. The number of anilines is 1. The topological polar surface area (TPSA) is 67.3 Å². The molecule has 0 bridgehead atoms. The van der Waals surface area contributed by atoms with Gasteiger partial charge in [-0.15, -0.1) is 0 Å². The van der Waals surface area contributed by atoms with E-state index < -0.39 is 6.10 Å². The Morgan fingerprint density at radius 1 is 1.64 bits per heavy atom. The van der Waals surface area contributed by atoms with Crippen LogP contribution in [0.2, 0.25) is 0 Å². The zero-order valence-corrected chi connectivity index (χ0v) is 8.94. The summed E-state index contributed by atoms with van der Waals surface area (Å²) in [6, 6.07) is 0. The molecule has 0 amide bonds. The monoisotopic (exact) mass is 198 g/mol. The van der Waals surface area contributed by atoms with Crippen LogP contribution < -0.4 is 5.73 Å². The lowest BCUT2D eigenvalue weighted by Crippen LogP contribution is -2.29. The number of likely N-dealkylation sites (N-methyl/N-ethyl adjacent to an activating group) is 1. The average molecular weight is 198 g/mol. The first kappa shape index (κ1) is 11.0. The van der Waals surface area contributed by atoms with Crippen molar-refractivity contribution in [3.8, 4) is 0 Å². The van der Waals surface area contributed by atoms with Gasteiger partial charge in [-0.1, -0.05) is 0 Å². The third kappa shape index (κ3) is 3.01. The van der Waals surface area contributed by atoms with Gasteiger partial charge >= 0.3 is 0 Å². The number of aromatic nitrogens is 2. The van der Waals surface area contributed by atoms with Crippen LogP contribution in [0.25, 0.3) is 0 Å². The maximum atomic E-state index is 9.63. The predicted molar refractivity (Wildman–Crippen MR) is 55.9 cm³/mol. The third-order valence-corrected chi connectivity index (χ3v) is 1.96. The number of aryl methyl sites for hydroxylation is 1. The Balaban J connectivity index is 2.51. The predicted octanol–water partition coefficient (Wildman–Crippen LogP) is -0.304. The lowest BCUT2D eigenvalue weighted by atomic mass is 10.3. The van der Waals surface area contributed by atoms with Crippen LogP contribution in [0.5, 0.6) is 0 Å². The molecule has 1 heterocycles. The van der Waals surface area contributed by atoms with Crippen molar-refractivity contribution in [3.63, 3.8) is 0 Å². The summed E-state index contributed by atoms with van der Waals surface area (Å²) < 4.78 is 1.68. The molecule has 0 radical (unpaired) electrons. The van der Waals surface area contributed by atoms with Crippen LogP contribution in [0.4, 0.5) is 5.69 Å². The summed E-state index contributed by atoms with van der Waals surface area (Å²) in [5.74, 6) is 0. The second-order valence-corrected chi connectivity index (χ2v) is 3.81. The van der Waals surface area contributed by atoms with E-state index in [0.717, 1.165) is 5.69 Å². The van der Waals surface area contributed by atoms with Crippen LogP contribution in [0, 0.1) is 6.92 Å². The average Bonchev–Trinajstić information content (AvgIpc) is 2.28. The van der Waals surface area contributed by atoms with E-state index in [1.807, 2.05) is 25.9 Å². The molecule has 80 valence electrons. The zero-order valence-electron chi connectivity index (χ0n) is 8.94. The van der Waals surface area contributed by atoms with E-state index in [-0.39, 0.29) is 0 Å². The van der Waals surface area contributed by atoms with Gasteiger partial charge in [-0.05, 0) is 21.0 Å². The van der Waals surface area contributed by atoms with E-state index in [9.17, 15) is 5.11 Å². The fraction of sp³-hybridized carbons (Fsp3) is 0.667. The normalized spacial score (nSPS) is 13.5. The summed E-state index contributed by atoms with van der Waals surface area (Å²) in [7, 11) is 3.85. The van der Waals surface area contributed by atoms with Gasteiger partial charge in [0.2, 0.25) is 0 Å². The molecule has 5 nitrogen and oxygen atoms in total. The first-order valence-corrected chi connectivity index (χ1v) is 4.61. The van der Waals surface area contributed by atoms with Crippen LogP contribution in [-0.2, 0) is 6.54 Å². The molecule has 0 aliphatic carbocycles. The molecule has 3 N–H and O–H groups in total. The largest absolute Gasteiger partial charge is 0.396 e. The number of rotatable bonds is 4. The molecule has 5 heteroatoms. The molecule has 14 heavy (non-hydrogen) atoms. The quantitative estimate of drug-likeness (QED) is 0.697. The van der Waals surface area contributed by atoms with Gasteiger partial charge in [0.15, 0.2) is 0 Å². The van der Waals surface area contributed by atoms with Gasteiger partial charge in [-0.25, -0.2) is 0 Å². The summed E-state index contributed by atoms with van der Waals surface area (Å²) >= 11 is 0. The molecule has 0 fully saturated rings. The smallest absolute Gasteiger partial charge is 0.0862 e. The minimum Gasteiger partial charge on any atom is -0.396 e. The van der Waals surface area contributed by atoms with Crippen molar-refractivity contribution in [2.45, 2.75) is 19.6 Å². The van der Waals surface area contributed by atoms with Crippen LogP contribution in [0.1, 0.15) is 5.69 Å². The second kappa shape index (κ2) is 4.43. The highest BCUT2D eigenvalue weighted by molar-refractivity contribution is 5.39. The van der Waals surface area contributed by atoms with Crippen molar-refractivity contribution in [2.75, 3.05) is 26.4 Å². The SMILES string of the molecule is Cc1nn(CC(O)CN(C)C)cc1N. The fourth-order valence-corrected chi connectivity index (χ4v) is 1.32. The second-order valence-electron chi connectivity index (χ2n) is 3.81. The number of hydrogen-bond acceptors (Lipinski definition) is 4. The van der Waals surface area contributed by atoms with Gasteiger partial charge in [-0.2, -0.15) is 5.10 Å². The Hall–Kier alpha value is -1.07. The molecule has 0 spiro atoms. The molecule has 0 saturated heterocycles. The van der Waals surface area contributed by atoms with Crippen LogP contribution in [-0.4, -0.2) is 46.5 Å². The molecule has 1 rings (SSSR count). The van der Waals surface area contributed by atoms with Gasteiger partial charge in [0.1, 0.15) is 0 Å². The van der Waals surface area contributed by atoms with E-state index in [1.165, 1.54) is 0 Å². The van der Waals surface area contributed by atoms with Gasteiger partial charge in [0.05, 0.1) is 24.0 Å². The molecule has 1 atom stereocenters. The summed E-state index contributed by atoms with van der Waals surface area (Å²) in [4.78, 5) is 1.93. The molecular formula is C9H18N4O. The summed E-state index contributed by atoms with van der Waals surface area (Å²) in [6.07, 6.45) is 1.33. The molecule has 0 aromatic carbocycles. The molecule has 1 aromatic heterocycles. The van der Waals surface area contributed by atoms with Crippen molar-refractivity contribution >= 4 is 5.69 Å². The van der Waals surface area contributed by atoms with Crippen molar-refractivity contribution in [3.05, 3.63) is 11.9 Å². The lowest BCUT2D eigenvalue weighted by molar-refractivity contribution is 0.116. The maximum absolute atomic E-state index is 9.63. The van der Waals surface area contributed by atoms with Gasteiger partial charge in [-0.3, -0.25) is 4.68 Å². The number of aliphatic hydroxyl groups is 1. The Bertz CT molecular complexity index is 276. The van der Waals surface area contributed by atoms with Crippen molar-refractivity contribution in [1.82, 2.24) is 14.7 Å². The molecule has 1 unspecified atom stereocenters. The standard InChI is InChI=1S/C9H18N4O/c1-7-9(10)6-13(11-7)5-8(14)4-12(2)3/h6,8,14H,4-5,10H2,1-3H3. The van der Waals surface area contributed by atoms with E-state index in [4.69, 9.17) is 5.73 Å². The summed E-state index contributed by atoms with van der Waals surface area (Å²) in [6.45, 7) is 2.96. The van der Waals surface area contributed by atoms with E-state index >= 15 is 0 Å². The van der Waals surface area contributed by atoms with Gasteiger partial charge < -0.3 is 15.7 Å². The van der Waals surface area contributed by atoms with Crippen LogP contribution >= 0.6 is 0 Å². The number of nitrogens with zero attached hydrogens (tertiary/aromatic N) is 3. The molecule has 0 saturated carbocycles. The maximum Gasteiger partial charge on any atom is 0.0862 e. The number of hydrogen-bond donors (Lipinski definition) is 2. The highest BCUT2D eigenvalue weighted by Gasteiger charge is 2.08. The highest BCUT2D eigenvalue weighted by Crippen LogP contribution is 2.07. The Kier molecular flexibility index (Phi) is 3.49. The molecular weight excluding hydrogens is 180 g/mol. The fourth-order valence-electron chi connectivity index (χ4n) is 1.32. The first-order valence-electron chi connectivity index (χ1n) is 4.61. The van der Waals surface area contributed by atoms with E-state index in [1.54, 1.807) is 10.9 Å². The summed E-state index contributed by atoms with van der Waals surface area (Å²) in [5, 5.41) is 13.8. The van der Waals surface area contributed by atoms with Crippen molar-refractivity contribution in [2.24, 2.45) is 0 Å². The van der Waals surface area contributed by atoms with Crippen LogP contribution in [0.3, 0.4) is 0 Å². The Morgan fingerprint density at radius 2 is 2.29 bits per heavy atom. The van der Waals surface area contributed by atoms with Crippen LogP contribution in [0.15, 0.2) is 6.20 Å². The van der Waals surface area contributed by atoms with Crippen molar-refractivity contribution in [1.29, 1.82) is 0 Å².